The van der Waals surface area contributed by atoms with E-state index in [1.54, 1.807) is 30.4 Å². The SMILES string of the molecule is CC(NC(=O)NCC(F)(F)F)c1ccccc1-c1ccc(Cl)cc1. The van der Waals surface area contributed by atoms with Crippen LogP contribution in [0.1, 0.15) is 18.5 Å². The second kappa shape index (κ2) is 7.57. The van der Waals surface area contributed by atoms with Gasteiger partial charge in [0.2, 0.25) is 0 Å². The van der Waals surface area contributed by atoms with Crippen LogP contribution in [0.3, 0.4) is 0 Å². The lowest BCUT2D eigenvalue weighted by Crippen LogP contribution is -2.41. The monoisotopic (exact) mass is 356 g/mol. The van der Waals surface area contributed by atoms with E-state index in [9.17, 15) is 18.0 Å². The summed E-state index contributed by atoms with van der Waals surface area (Å²) in [5, 5.41) is 4.92. The highest BCUT2D eigenvalue weighted by molar-refractivity contribution is 6.30. The minimum Gasteiger partial charge on any atom is -0.332 e. The van der Waals surface area contributed by atoms with Crippen LogP contribution in [0.25, 0.3) is 11.1 Å². The van der Waals surface area contributed by atoms with Crippen molar-refractivity contribution in [3.05, 3.63) is 59.1 Å². The smallest absolute Gasteiger partial charge is 0.332 e. The first-order chi connectivity index (χ1) is 11.3. The number of carbonyl (C=O) groups excluding carboxylic acids is 1. The van der Waals surface area contributed by atoms with Crippen molar-refractivity contribution in [3.63, 3.8) is 0 Å². The highest BCUT2D eigenvalue weighted by Crippen LogP contribution is 2.29. The molecular formula is C17H16ClF3N2O. The summed E-state index contributed by atoms with van der Waals surface area (Å²) < 4.78 is 36.4. The van der Waals surface area contributed by atoms with Gasteiger partial charge in [-0.1, -0.05) is 48.0 Å². The fourth-order valence-corrected chi connectivity index (χ4v) is 2.40. The number of carbonyl (C=O) groups is 1. The van der Waals surface area contributed by atoms with Crippen molar-refractivity contribution in [2.45, 2.75) is 19.1 Å². The summed E-state index contributed by atoms with van der Waals surface area (Å²) in [5.74, 6) is 0. The number of hydrogen-bond donors (Lipinski definition) is 2. The number of urea groups is 1. The number of alkyl halides is 3. The zero-order valence-corrected chi connectivity index (χ0v) is 13.6. The number of hydrogen-bond acceptors (Lipinski definition) is 1. The van der Waals surface area contributed by atoms with Crippen LogP contribution in [0.5, 0.6) is 0 Å². The standard InChI is InChI=1S/C17H16ClF3N2O/c1-11(23-16(24)22-10-17(19,20)21)14-4-2-3-5-15(14)12-6-8-13(18)9-7-12/h2-9,11H,10H2,1H3,(H2,22,23,24). The fraction of sp³-hybridized carbons (Fsp3) is 0.235. The molecule has 7 heteroatoms. The minimum atomic E-state index is -4.44. The molecular weight excluding hydrogens is 341 g/mol. The van der Waals surface area contributed by atoms with Crippen LogP contribution >= 0.6 is 11.6 Å². The summed E-state index contributed by atoms with van der Waals surface area (Å²) >= 11 is 5.88. The fourth-order valence-electron chi connectivity index (χ4n) is 2.27. The Labute approximate surface area is 142 Å². The summed E-state index contributed by atoms with van der Waals surface area (Å²) in [6.07, 6.45) is -4.44. The van der Waals surface area contributed by atoms with Gasteiger partial charge in [0, 0.05) is 5.02 Å². The van der Waals surface area contributed by atoms with Crippen LogP contribution in [0.2, 0.25) is 5.02 Å². The molecule has 0 spiro atoms. The molecule has 2 N–H and O–H groups in total. The van der Waals surface area contributed by atoms with E-state index in [0.717, 1.165) is 16.7 Å². The molecule has 0 fully saturated rings. The van der Waals surface area contributed by atoms with Crippen LogP contribution in [-0.4, -0.2) is 18.8 Å². The average molecular weight is 357 g/mol. The second-order valence-electron chi connectivity index (χ2n) is 5.26. The van der Waals surface area contributed by atoms with E-state index in [1.165, 1.54) is 0 Å². The van der Waals surface area contributed by atoms with Crippen molar-refractivity contribution < 1.29 is 18.0 Å². The Balaban J connectivity index is 2.14. The summed E-state index contributed by atoms with van der Waals surface area (Å²) in [5.41, 5.74) is 2.57. The molecule has 0 aliphatic heterocycles. The van der Waals surface area contributed by atoms with E-state index in [1.807, 2.05) is 30.3 Å². The van der Waals surface area contributed by atoms with E-state index < -0.39 is 24.8 Å². The molecule has 0 aliphatic carbocycles. The molecule has 0 bridgehead atoms. The van der Waals surface area contributed by atoms with Gasteiger partial charge in [0.15, 0.2) is 0 Å². The Morgan fingerprint density at radius 3 is 2.38 bits per heavy atom. The van der Waals surface area contributed by atoms with Crippen LogP contribution in [-0.2, 0) is 0 Å². The van der Waals surface area contributed by atoms with E-state index in [0.29, 0.717) is 5.02 Å². The minimum absolute atomic E-state index is 0.467. The first-order valence-electron chi connectivity index (χ1n) is 7.22. The van der Waals surface area contributed by atoms with E-state index >= 15 is 0 Å². The Morgan fingerprint density at radius 2 is 1.75 bits per heavy atom. The number of nitrogens with one attached hydrogen (secondary N) is 2. The third-order valence-electron chi connectivity index (χ3n) is 3.38. The molecule has 2 amide bonds. The third-order valence-corrected chi connectivity index (χ3v) is 3.63. The van der Waals surface area contributed by atoms with Crippen molar-refractivity contribution in [2.24, 2.45) is 0 Å². The van der Waals surface area contributed by atoms with Gasteiger partial charge in [0.05, 0.1) is 6.04 Å². The summed E-state index contributed by atoms with van der Waals surface area (Å²) in [7, 11) is 0. The Bertz CT molecular complexity index is 702. The van der Waals surface area contributed by atoms with E-state index in [-0.39, 0.29) is 0 Å². The lowest BCUT2D eigenvalue weighted by Gasteiger charge is -2.19. The highest BCUT2D eigenvalue weighted by Gasteiger charge is 2.28. The lowest BCUT2D eigenvalue weighted by atomic mass is 9.95. The average Bonchev–Trinajstić information content (AvgIpc) is 2.53. The van der Waals surface area contributed by atoms with Gasteiger partial charge < -0.3 is 10.6 Å². The normalized spacial score (nSPS) is 12.5. The highest BCUT2D eigenvalue weighted by atomic mass is 35.5. The van der Waals surface area contributed by atoms with Gasteiger partial charge in [0.1, 0.15) is 6.54 Å². The zero-order chi connectivity index (χ0) is 17.7. The molecule has 0 saturated carbocycles. The van der Waals surface area contributed by atoms with Crippen LogP contribution < -0.4 is 10.6 Å². The molecule has 1 unspecified atom stereocenters. The van der Waals surface area contributed by atoms with Crippen molar-refractivity contribution in [2.75, 3.05) is 6.54 Å². The number of rotatable bonds is 4. The first-order valence-corrected chi connectivity index (χ1v) is 7.60. The summed E-state index contributed by atoms with van der Waals surface area (Å²) in [4.78, 5) is 11.6. The van der Waals surface area contributed by atoms with Gasteiger partial charge in [0.25, 0.3) is 0 Å². The lowest BCUT2D eigenvalue weighted by molar-refractivity contribution is -0.122. The molecule has 24 heavy (non-hydrogen) atoms. The molecule has 3 nitrogen and oxygen atoms in total. The largest absolute Gasteiger partial charge is 0.405 e. The molecule has 0 radical (unpaired) electrons. The molecule has 0 saturated heterocycles. The quantitative estimate of drug-likeness (QED) is 0.801. The predicted octanol–water partition coefficient (Wildman–Crippen LogP) is 4.93. The predicted molar refractivity (Wildman–Crippen MR) is 87.9 cm³/mol. The van der Waals surface area contributed by atoms with Crippen LogP contribution in [0, 0.1) is 0 Å². The van der Waals surface area contributed by atoms with Gasteiger partial charge >= 0.3 is 12.2 Å². The van der Waals surface area contributed by atoms with Gasteiger partial charge in [-0.15, -0.1) is 0 Å². The Hall–Kier alpha value is -2.21. The maximum absolute atomic E-state index is 12.1. The van der Waals surface area contributed by atoms with Crippen molar-refractivity contribution in [3.8, 4) is 11.1 Å². The molecule has 128 valence electrons. The summed E-state index contributed by atoms with van der Waals surface area (Å²) in [6.45, 7) is 0.340. The van der Waals surface area contributed by atoms with Crippen molar-refractivity contribution in [1.82, 2.24) is 10.6 Å². The second-order valence-corrected chi connectivity index (χ2v) is 5.69. The maximum Gasteiger partial charge on any atom is 0.405 e. The summed E-state index contributed by atoms with van der Waals surface area (Å²) in [6, 6.07) is 13.2. The molecule has 2 aromatic rings. The Morgan fingerprint density at radius 1 is 1.12 bits per heavy atom. The first kappa shape index (κ1) is 18.1. The van der Waals surface area contributed by atoms with Crippen LogP contribution in [0.15, 0.2) is 48.5 Å². The molecule has 2 aromatic carbocycles. The topological polar surface area (TPSA) is 41.1 Å². The number of amides is 2. The van der Waals surface area contributed by atoms with E-state index in [4.69, 9.17) is 11.6 Å². The number of benzene rings is 2. The number of halogens is 4. The molecule has 2 rings (SSSR count). The van der Waals surface area contributed by atoms with Gasteiger partial charge in [-0.3, -0.25) is 0 Å². The van der Waals surface area contributed by atoms with Gasteiger partial charge in [-0.05, 0) is 35.7 Å². The zero-order valence-electron chi connectivity index (χ0n) is 12.8. The molecule has 1 atom stereocenters. The Kier molecular flexibility index (Phi) is 5.72. The van der Waals surface area contributed by atoms with Crippen molar-refractivity contribution >= 4 is 17.6 Å². The third kappa shape index (κ3) is 5.16. The van der Waals surface area contributed by atoms with Gasteiger partial charge in [-0.25, -0.2) is 4.79 Å². The van der Waals surface area contributed by atoms with Crippen molar-refractivity contribution in [1.29, 1.82) is 0 Å². The van der Waals surface area contributed by atoms with E-state index in [2.05, 4.69) is 5.32 Å². The van der Waals surface area contributed by atoms with Crippen LogP contribution in [0.4, 0.5) is 18.0 Å². The molecule has 0 heterocycles. The maximum atomic E-state index is 12.1. The molecule has 0 aromatic heterocycles. The molecule has 0 aliphatic rings. The van der Waals surface area contributed by atoms with Gasteiger partial charge in [-0.2, -0.15) is 13.2 Å².